The van der Waals surface area contributed by atoms with E-state index in [4.69, 9.17) is 21.1 Å². The normalized spacial score (nSPS) is 14.2. The molecule has 0 unspecified atom stereocenters. The van der Waals surface area contributed by atoms with Crippen LogP contribution in [0.25, 0.3) is 6.08 Å². The number of ether oxygens (including phenoxy) is 2. The molecule has 3 aromatic carbocycles. The lowest BCUT2D eigenvalue weighted by Gasteiger charge is -2.07. The minimum absolute atomic E-state index is 0.114. The van der Waals surface area contributed by atoms with Crippen molar-refractivity contribution in [2.24, 2.45) is 0 Å². The number of carbonyl (C=O) groups is 1. The van der Waals surface area contributed by atoms with Crippen LogP contribution in [0.1, 0.15) is 46.8 Å². The molecule has 4 rings (SSSR count). The quantitative estimate of drug-likeness (QED) is 0.446. The van der Waals surface area contributed by atoms with E-state index in [2.05, 4.69) is 26.0 Å². The fourth-order valence-corrected chi connectivity index (χ4v) is 3.26. The van der Waals surface area contributed by atoms with Crippen molar-refractivity contribution in [3.8, 4) is 11.5 Å². The van der Waals surface area contributed by atoms with E-state index in [-0.39, 0.29) is 5.78 Å². The van der Waals surface area contributed by atoms with Crippen molar-refractivity contribution >= 4 is 23.5 Å². The lowest BCUT2D eigenvalue weighted by Crippen LogP contribution is -1.98. The van der Waals surface area contributed by atoms with Crippen LogP contribution in [0.15, 0.2) is 72.5 Å². The first-order valence-corrected chi connectivity index (χ1v) is 9.93. The molecule has 0 fully saturated rings. The summed E-state index contributed by atoms with van der Waals surface area (Å²) >= 11 is 5.90. The second-order valence-electron chi connectivity index (χ2n) is 7.33. The summed E-state index contributed by atoms with van der Waals surface area (Å²) in [7, 11) is 0. The molecule has 3 aromatic rings. The molecule has 0 amide bonds. The van der Waals surface area contributed by atoms with Crippen LogP contribution < -0.4 is 9.47 Å². The van der Waals surface area contributed by atoms with Crippen molar-refractivity contribution in [3.63, 3.8) is 0 Å². The van der Waals surface area contributed by atoms with Gasteiger partial charge in [-0.05, 0) is 52.9 Å². The number of hydrogen-bond donors (Lipinski definition) is 0. The molecule has 1 heterocycles. The smallest absolute Gasteiger partial charge is 0.231 e. The minimum Gasteiger partial charge on any atom is -0.489 e. The van der Waals surface area contributed by atoms with Gasteiger partial charge in [-0.25, -0.2) is 0 Å². The predicted octanol–water partition coefficient (Wildman–Crippen LogP) is 6.66. The third-order valence-corrected chi connectivity index (χ3v) is 5.11. The molecule has 0 saturated carbocycles. The minimum atomic E-state index is -0.114. The standard InChI is InChI=1S/C25H21ClO3/c1-16(2)19-7-3-17(4-8-19)13-24-25(27)22-12-11-21(14-23(22)29-24)28-15-18-5-9-20(26)10-6-18/h3-14,16H,15H2,1-2H3/b24-13-. The Kier molecular flexibility index (Phi) is 5.41. The largest absolute Gasteiger partial charge is 0.489 e. The maximum absolute atomic E-state index is 12.7. The van der Waals surface area contributed by atoms with E-state index in [1.165, 1.54) is 5.56 Å². The summed E-state index contributed by atoms with van der Waals surface area (Å²) in [6.45, 7) is 4.72. The molecule has 3 nitrogen and oxygen atoms in total. The first-order valence-electron chi connectivity index (χ1n) is 9.55. The van der Waals surface area contributed by atoms with Gasteiger partial charge in [0.25, 0.3) is 0 Å². The number of rotatable bonds is 5. The molecule has 29 heavy (non-hydrogen) atoms. The van der Waals surface area contributed by atoms with E-state index in [9.17, 15) is 4.79 Å². The van der Waals surface area contributed by atoms with Gasteiger partial charge in [-0.1, -0.05) is 61.8 Å². The predicted molar refractivity (Wildman–Crippen MR) is 116 cm³/mol. The highest BCUT2D eigenvalue weighted by atomic mass is 35.5. The maximum atomic E-state index is 12.7. The summed E-state index contributed by atoms with van der Waals surface area (Å²) < 4.78 is 11.7. The van der Waals surface area contributed by atoms with Gasteiger partial charge in [0.1, 0.15) is 18.1 Å². The van der Waals surface area contributed by atoms with Gasteiger partial charge >= 0.3 is 0 Å². The summed E-state index contributed by atoms with van der Waals surface area (Å²) in [5.74, 6) is 1.85. The molecule has 0 aliphatic carbocycles. The van der Waals surface area contributed by atoms with Crippen LogP contribution in [0.4, 0.5) is 0 Å². The summed E-state index contributed by atoms with van der Waals surface area (Å²) in [6, 6.07) is 20.9. The van der Waals surface area contributed by atoms with Gasteiger partial charge in [-0.15, -0.1) is 0 Å². The molecular formula is C25H21ClO3. The maximum Gasteiger partial charge on any atom is 0.231 e. The number of ketones is 1. The van der Waals surface area contributed by atoms with Crippen molar-refractivity contribution in [1.29, 1.82) is 0 Å². The van der Waals surface area contributed by atoms with Crippen LogP contribution in [0, 0.1) is 0 Å². The average molecular weight is 405 g/mol. The summed E-state index contributed by atoms with van der Waals surface area (Å²) in [6.07, 6.45) is 1.78. The van der Waals surface area contributed by atoms with Crippen molar-refractivity contribution in [2.75, 3.05) is 0 Å². The Morgan fingerprint density at radius 1 is 1.00 bits per heavy atom. The van der Waals surface area contributed by atoms with Crippen LogP contribution in [-0.2, 0) is 6.61 Å². The molecule has 0 N–H and O–H groups in total. The van der Waals surface area contributed by atoms with Crippen molar-refractivity contribution < 1.29 is 14.3 Å². The van der Waals surface area contributed by atoms with Crippen LogP contribution in [-0.4, -0.2) is 5.78 Å². The van der Waals surface area contributed by atoms with Gasteiger partial charge in [-0.2, -0.15) is 0 Å². The third kappa shape index (κ3) is 4.36. The summed E-state index contributed by atoms with van der Waals surface area (Å²) in [5, 5.41) is 0.691. The van der Waals surface area contributed by atoms with Crippen LogP contribution in [0.2, 0.25) is 5.02 Å². The van der Waals surface area contributed by atoms with Gasteiger partial charge < -0.3 is 9.47 Å². The van der Waals surface area contributed by atoms with Crippen LogP contribution in [0.5, 0.6) is 11.5 Å². The Balaban J connectivity index is 1.48. The van der Waals surface area contributed by atoms with Crippen LogP contribution in [0.3, 0.4) is 0 Å². The van der Waals surface area contributed by atoms with Crippen molar-refractivity contribution in [3.05, 3.63) is 99.8 Å². The molecule has 0 aromatic heterocycles. The third-order valence-electron chi connectivity index (χ3n) is 4.86. The molecule has 0 spiro atoms. The van der Waals surface area contributed by atoms with Gasteiger partial charge in [0.05, 0.1) is 5.56 Å². The molecule has 0 bridgehead atoms. The van der Waals surface area contributed by atoms with Gasteiger partial charge in [0.15, 0.2) is 5.76 Å². The molecule has 0 radical (unpaired) electrons. The second kappa shape index (κ2) is 8.14. The fourth-order valence-electron chi connectivity index (χ4n) is 3.13. The lowest BCUT2D eigenvalue weighted by atomic mass is 10.0. The number of fused-ring (bicyclic) bond motifs is 1. The molecular weight excluding hydrogens is 384 g/mol. The topological polar surface area (TPSA) is 35.5 Å². The Labute approximate surface area is 175 Å². The number of hydrogen-bond acceptors (Lipinski definition) is 3. The molecule has 146 valence electrons. The van der Waals surface area contributed by atoms with Gasteiger partial charge in [0, 0.05) is 11.1 Å². The Morgan fingerprint density at radius 2 is 1.72 bits per heavy atom. The Hall–Kier alpha value is -3.04. The average Bonchev–Trinajstić information content (AvgIpc) is 3.03. The SMILES string of the molecule is CC(C)c1ccc(/C=C2\Oc3cc(OCc4ccc(Cl)cc4)ccc3C2=O)cc1. The summed E-state index contributed by atoms with van der Waals surface area (Å²) in [4.78, 5) is 12.7. The molecule has 4 heteroatoms. The number of Topliss-reactive ketones (excluding diaryl/α,β-unsaturated/α-hetero) is 1. The zero-order chi connectivity index (χ0) is 20.4. The van der Waals surface area contributed by atoms with Gasteiger partial charge in [0.2, 0.25) is 5.78 Å². The second-order valence-corrected chi connectivity index (χ2v) is 7.77. The molecule has 1 aliphatic heterocycles. The zero-order valence-corrected chi connectivity index (χ0v) is 17.1. The van der Waals surface area contributed by atoms with Gasteiger partial charge in [-0.3, -0.25) is 4.79 Å². The molecule has 0 saturated heterocycles. The highest BCUT2D eigenvalue weighted by Gasteiger charge is 2.27. The highest BCUT2D eigenvalue weighted by molar-refractivity contribution is 6.30. The molecule has 0 atom stereocenters. The highest BCUT2D eigenvalue weighted by Crippen LogP contribution is 2.35. The summed E-state index contributed by atoms with van der Waals surface area (Å²) in [5.41, 5.74) is 3.76. The number of benzene rings is 3. The fraction of sp³-hybridized carbons (Fsp3) is 0.160. The monoisotopic (exact) mass is 404 g/mol. The Bertz CT molecular complexity index is 1060. The van der Waals surface area contributed by atoms with E-state index in [0.29, 0.717) is 40.4 Å². The Morgan fingerprint density at radius 3 is 2.41 bits per heavy atom. The number of carbonyl (C=O) groups excluding carboxylic acids is 1. The van der Waals surface area contributed by atoms with E-state index in [0.717, 1.165) is 11.1 Å². The first-order chi connectivity index (χ1) is 14.0. The van der Waals surface area contributed by atoms with Crippen molar-refractivity contribution in [1.82, 2.24) is 0 Å². The van der Waals surface area contributed by atoms with Crippen LogP contribution >= 0.6 is 11.6 Å². The lowest BCUT2D eigenvalue weighted by molar-refractivity contribution is 0.101. The van der Waals surface area contributed by atoms with E-state index in [1.807, 2.05) is 36.4 Å². The zero-order valence-electron chi connectivity index (χ0n) is 16.3. The van der Waals surface area contributed by atoms with Crippen molar-refractivity contribution in [2.45, 2.75) is 26.4 Å². The number of allylic oxidation sites excluding steroid dienone is 1. The van der Waals surface area contributed by atoms with E-state index < -0.39 is 0 Å². The number of halogens is 1. The first kappa shape index (κ1) is 19.3. The molecule has 1 aliphatic rings. The van der Waals surface area contributed by atoms with E-state index >= 15 is 0 Å². The van der Waals surface area contributed by atoms with E-state index in [1.54, 1.807) is 24.3 Å².